The summed E-state index contributed by atoms with van der Waals surface area (Å²) in [6, 6.07) is 10.1. The van der Waals surface area contributed by atoms with Crippen molar-refractivity contribution in [2.75, 3.05) is 0 Å². The third-order valence-electron chi connectivity index (χ3n) is 6.28. The summed E-state index contributed by atoms with van der Waals surface area (Å²) in [5.41, 5.74) is 4.10. The first-order valence-corrected chi connectivity index (χ1v) is 9.42. The molecule has 4 nitrogen and oxygen atoms in total. The predicted octanol–water partition coefficient (Wildman–Crippen LogP) is 1.31. The van der Waals surface area contributed by atoms with Crippen LogP contribution >= 0.6 is 0 Å². The lowest BCUT2D eigenvalue weighted by molar-refractivity contribution is -0.652. The molecule has 0 radical (unpaired) electrons. The van der Waals surface area contributed by atoms with E-state index in [1.165, 1.54) is 17.6 Å². The van der Waals surface area contributed by atoms with Gasteiger partial charge in [0.2, 0.25) is 0 Å². The van der Waals surface area contributed by atoms with E-state index < -0.39 is 7.28 Å². The van der Waals surface area contributed by atoms with Crippen molar-refractivity contribution in [1.29, 1.82) is 0 Å². The van der Waals surface area contributed by atoms with E-state index in [2.05, 4.69) is 35.6 Å². The zero-order chi connectivity index (χ0) is 17.4. The molecular weight excluding hydrogens is 311 g/mol. The lowest BCUT2D eigenvalue weighted by Crippen LogP contribution is -2.52. The molecule has 2 aromatic rings. The van der Waals surface area contributed by atoms with Gasteiger partial charge in [0, 0.05) is 5.57 Å². The maximum Gasteiger partial charge on any atom is 0.336 e. The molecule has 2 aliphatic rings. The summed E-state index contributed by atoms with van der Waals surface area (Å²) in [5, 5.41) is 0. The lowest BCUT2D eigenvalue weighted by atomic mass is 9.57. The number of rotatable bonds is 3. The van der Waals surface area contributed by atoms with Gasteiger partial charge in [-0.3, -0.25) is 9.13 Å². The number of hydrogen-bond acceptors (Lipinski definition) is 2. The summed E-state index contributed by atoms with van der Waals surface area (Å²) in [6.07, 6.45) is 9.66. The number of benzene rings is 1. The number of aryl methyl sites for hydroxylation is 2. The van der Waals surface area contributed by atoms with Crippen LogP contribution in [0.1, 0.15) is 37.7 Å². The van der Waals surface area contributed by atoms with Gasteiger partial charge in [-0.1, -0.05) is 36.8 Å². The summed E-state index contributed by atoms with van der Waals surface area (Å²) in [7, 11) is 3.52. The first-order valence-electron chi connectivity index (χ1n) is 9.42. The fourth-order valence-corrected chi connectivity index (χ4v) is 4.82. The Hall–Kier alpha value is -2.30. The summed E-state index contributed by atoms with van der Waals surface area (Å²) >= 11 is 0. The number of esters is 1. The summed E-state index contributed by atoms with van der Waals surface area (Å²) < 4.78 is 10.5. The number of ether oxygens (including phenoxy) is 1. The maximum absolute atomic E-state index is 12.9. The number of carbonyl (C=O) groups is 1. The van der Waals surface area contributed by atoms with Crippen LogP contribution in [0, 0.1) is 0 Å². The Morgan fingerprint density at radius 2 is 1.88 bits per heavy atom. The van der Waals surface area contributed by atoms with Crippen LogP contribution in [-0.4, -0.2) is 23.4 Å². The van der Waals surface area contributed by atoms with Crippen molar-refractivity contribution in [3.05, 3.63) is 53.8 Å². The highest BCUT2D eigenvalue weighted by Crippen LogP contribution is 2.45. The van der Waals surface area contributed by atoms with Crippen LogP contribution in [0.4, 0.5) is 0 Å². The van der Waals surface area contributed by atoms with Crippen molar-refractivity contribution in [3.8, 4) is 0 Å². The minimum absolute atomic E-state index is 0.122. The molecule has 1 saturated carbocycles. The topological polar surface area (TPSA) is 35.1 Å². The molecule has 25 heavy (non-hydrogen) atoms. The first-order chi connectivity index (χ1) is 12.1. The molecular formula is C20H25BN2O2. The van der Waals surface area contributed by atoms with Crippen LogP contribution in [0.2, 0.25) is 0 Å². The Labute approximate surface area is 149 Å². The van der Waals surface area contributed by atoms with E-state index in [4.69, 9.17) is 4.74 Å². The standard InChI is InChI=1S/C20H25BN2O2/c1-22-13-14-23(2)19(22)21-17-16(15-9-5-3-6-10-15)18(24)25-20(17)11-7-4-8-12-20/h3,5-6,9-10,13-14H,4,7-8,11-12,21H2,1-2H3. The smallest absolute Gasteiger partial charge is 0.336 e. The summed E-state index contributed by atoms with van der Waals surface area (Å²) in [6.45, 7) is 0. The summed E-state index contributed by atoms with van der Waals surface area (Å²) in [5.74, 6) is -0.122. The quantitative estimate of drug-likeness (QED) is 0.481. The second-order valence-corrected chi connectivity index (χ2v) is 7.63. The number of imidazole rings is 1. The molecule has 0 amide bonds. The number of aromatic nitrogens is 2. The highest BCUT2D eigenvalue weighted by atomic mass is 16.6. The Morgan fingerprint density at radius 1 is 1.16 bits per heavy atom. The van der Waals surface area contributed by atoms with Crippen LogP contribution < -0.4 is 10.3 Å². The number of carbonyl (C=O) groups excluding carboxylic acids is 1. The largest absolute Gasteiger partial charge is 0.455 e. The van der Waals surface area contributed by atoms with Gasteiger partial charge in [-0.05, 0) is 31.2 Å². The van der Waals surface area contributed by atoms with Gasteiger partial charge in [0.1, 0.15) is 25.3 Å². The van der Waals surface area contributed by atoms with Gasteiger partial charge in [0.25, 0.3) is 0 Å². The van der Waals surface area contributed by atoms with E-state index in [0.29, 0.717) is 0 Å². The zero-order valence-corrected chi connectivity index (χ0v) is 15.3. The predicted molar refractivity (Wildman–Crippen MR) is 100 cm³/mol. The third-order valence-corrected chi connectivity index (χ3v) is 6.28. The van der Waals surface area contributed by atoms with Crippen LogP contribution in [0.5, 0.6) is 0 Å². The highest BCUT2D eigenvalue weighted by molar-refractivity contribution is 6.62. The average molecular weight is 336 g/mol. The molecule has 1 aliphatic heterocycles. The van der Waals surface area contributed by atoms with Crippen molar-refractivity contribution in [3.63, 3.8) is 0 Å². The molecule has 1 aromatic heterocycles. The first kappa shape index (κ1) is 16.2. The molecule has 4 rings (SSSR count). The Bertz CT molecular complexity index is 813. The number of nitrogens with zero attached hydrogens (tertiary/aromatic N) is 2. The van der Waals surface area contributed by atoms with Crippen molar-refractivity contribution in [2.24, 2.45) is 14.1 Å². The van der Waals surface area contributed by atoms with Crippen molar-refractivity contribution in [1.82, 2.24) is 4.57 Å². The van der Waals surface area contributed by atoms with Crippen LogP contribution in [0.3, 0.4) is 0 Å². The SMILES string of the molecule is Cn1cc[n+](C)c1[BH2-]C1=C(c2ccccc2)C(=O)OC12CCCCC2. The van der Waals surface area contributed by atoms with Gasteiger partial charge in [-0.25, -0.2) is 4.79 Å². The number of hydrogen-bond donors (Lipinski definition) is 0. The van der Waals surface area contributed by atoms with Gasteiger partial charge in [0.15, 0.2) is 0 Å². The maximum atomic E-state index is 12.9. The Kier molecular flexibility index (Phi) is 4.02. The van der Waals surface area contributed by atoms with Gasteiger partial charge < -0.3 is 4.74 Å². The van der Waals surface area contributed by atoms with E-state index in [-0.39, 0.29) is 11.6 Å². The highest BCUT2D eigenvalue weighted by Gasteiger charge is 2.45. The minimum Gasteiger partial charge on any atom is -0.455 e. The van der Waals surface area contributed by atoms with Crippen LogP contribution in [0.15, 0.2) is 48.2 Å². The average Bonchev–Trinajstić information content (AvgIpc) is 3.07. The van der Waals surface area contributed by atoms with Gasteiger partial charge >= 0.3 is 5.97 Å². The van der Waals surface area contributed by atoms with Gasteiger partial charge in [-0.15, -0.1) is 0 Å². The molecule has 0 unspecified atom stereocenters. The molecule has 1 spiro atoms. The van der Waals surface area contributed by atoms with Crippen molar-refractivity contribution < 1.29 is 14.1 Å². The molecule has 0 bridgehead atoms. The van der Waals surface area contributed by atoms with E-state index in [9.17, 15) is 4.79 Å². The van der Waals surface area contributed by atoms with Crippen molar-refractivity contribution >= 4 is 24.5 Å². The third kappa shape index (κ3) is 2.72. The van der Waals surface area contributed by atoms with Crippen LogP contribution in [0.25, 0.3) is 5.57 Å². The van der Waals surface area contributed by atoms with E-state index >= 15 is 0 Å². The Balaban J connectivity index is 1.86. The second kappa shape index (κ2) is 6.21. The molecule has 5 heteroatoms. The van der Waals surface area contributed by atoms with E-state index in [1.54, 1.807) is 0 Å². The molecule has 1 fully saturated rings. The van der Waals surface area contributed by atoms with Crippen LogP contribution in [-0.2, 0) is 23.6 Å². The molecule has 0 saturated heterocycles. The van der Waals surface area contributed by atoms with E-state index in [1.807, 2.05) is 30.3 Å². The second-order valence-electron chi connectivity index (χ2n) is 7.63. The molecule has 130 valence electrons. The zero-order valence-electron chi connectivity index (χ0n) is 15.3. The lowest BCUT2D eigenvalue weighted by Gasteiger charge is -2.37. The Morgan fingerprint density at radius 3 is 2.52 bits per heavy atom. The monoisotopic (exact) mass is 336 g/mol. The fourth-order valence-electron chi connectivity index (χ4n) is 4.82. The molecule has 0 N–H and O–H groups in total. The molecule has 0 atom stereocenters. The molecule has 2 heterocycles. The van der Waals surface area contributed by atoms with Gasteiger partial charge in [-0.2, -0.15) is 5.47 Å². The minimum atomic E-state index is -0.659. The van der Waals surface area contributed by atoms with Crippen molar-refractivity contribution in [2.45, 2.75) is 37.7 Å². The fraction of sp³-hybridized carbons (Fsp3) is 0.400. The summed E-state index contributed by atoms with van der Waals surface area (Å²) in [4.78, 5) is 12.9. The molecule has 1 aromatic carbocycles. The normalized spacial score (nSPS) is 19.5. The van der Waals surface area contributed by atoms with Gasteiger partial charge in [0.05, 0.1) is 19.8 Å². The molecule has 1 aliphatic carbocycles. The van der Waals surface area contributed by atoms with E-state index in [0.717, 1.165) is 36.8 Å².